The van der Waals surface area contributed by atoms with Gasteiger partial charge in [0.15, 0.2) is 0 Å². The Hall–Kier alpha value is -0.200. The minimum atomic E-state index is -0.377. The summed E-state index contributed by atoms with van der Waals surface area (Å²) in [5.41, 5.74) is 0. The van der Waals surface area contributed by atoms with Crippen molar-refractivity contribution in [3.63, 3.8) is 0 Å². The fourth-order valence-electron chi connectivity index (χ4n) is 2.95. The molecule has 0 aliphatic rings. The summed E-state index contributed by atoms with van der Waals surface area (Å²) in [6.07, 6.45) is 6.22. The second kappa shape index (κ2) is 16.0. The van der Waals surface area contributed by atoms with Crippen molar-refractivity contribution in [1.82, 2.24) is 14.7 Å². The zero-order valence-corrected chi connectivity index (χ0v) is 17.6. The maximum Gasteiger partial charge on any atom is 0.104 e. The monoisotopic (exact) mass is 359 g/mol. The predicted molar refractivity (Wildman–Crippen MR) is 108 cm³/mol. The van der Waals surface area contributed by atoms with E-state index >= 15 is 0 Å². The summed E-state index contributed by atoms with van der Waals surface area (Å²) in [5.74, 6) is 0. The lowest BCUT2D eigenvalue weighted by Gasteiger charge is -2.32. The molecule has 0 saturated carbocycles. The van der Waals surface area contributed by atoms with E-state index in [0.717, 1.165) is 71.5 Å². The lowest BCUT2D eigenvalue weighted by Crippen LogP contribution is -2.44. The molecule has 0 aliphatic heterocycles. The van der Waals surface area contributed by atoms with E-state index in [1.165, 1.54) is 12.8 Å². The molecule has 0 heterocycles. The summed E-state index contributed by atoms with van der Waals surface area (Å²) < 4.78 is 0. The van der Waals surface area contributed by atoms with E-state index in [0.29, 0.717) is 0 Å². The van der Waals surface area contributed by atoms with Crippen LogP contribution in [0.3, 0.4) is 0 Å². The van der Waals surface area contributed by atoms with E-state index in [1.54, 1.807) is 0 Å². The van der Waals surface area contributed by atoms with Gasteiger partial charge < -0.3 is 15.1 Å². The minimum Gasteiger partial charge on any atom is -0.379 e. The second-order valence-electron chi connectivity index (χ2n) is 7.24. The Morgan fingerprint density at radius 1 is 0.560 bits per heavy atom. The van der Waals surface area contributed by atoms with Crippen LogP contribution in [0.2, 0.25) is 0 Å². The van der Waals surface area contributed by atoms with Crippen LogP contribution in [-0.4, -0.2) is 83.2 Å². The van der Waals surface area contributed by atoms with E-state index in [9.17, 15) is 10.2 Å². The molecule has 0 saturated heterocycles. The van der Waals surface area contributed by atoms with Crippen LogP contribution in [0.1, 0.15) is 73.1 Å². The molecule has 0 bridgehead atoms. The summed E-state index contributed by atoms with van der Waals surface area (Å²) in [7, 11) is 0. The molecule has 0 spiro atoms. The molecule has 0 radical (unpaired) electrons. The second-order valence-corrected chi connectivity index (χ2v) is 7.24. The normalized spacial score (nSPS) is 14.6. The van der Waals surface area contributed by atoms with Crippen LogP contribution in [0, 0.1) is 0 Å². The van der Waals surface area contributed by atoms with E-state index < -0.39 is 0 Å². The van der Waals surface area contributed by atoms with Crippen molar-refractivity contribution in [1.29, 1.82) is 0 Å². The molecule has 0 aromatic carbocycles. The van der Waals surface area contributed by atoms with Gasteiger partial charge in [-0.25, -0.2) is 0 Å². The fraction of sp³-hybridized carbons (Fsp3) is 1.00. The number of aliphatic hydroxyl groups excluding tert-OH is 2. The Balaban J connectivity index is 4.49. The van der Waals surface area contributed by atoms with Crippen molar-refractivity contribution in [3.8, 4) is 0 Å². The van der Waals surface area contributed by atoms with Crippen LogP contribution in [0.4, 0.5) is 0 Å². The first-order valence-corrected chi connectivity index (χ1v) is 10.5. The van der Waals surface area contributed by atoms with E-state index in [4.69, 9.17) is 0 Å². The fourth-order valence-corrected chi connectivity index (χ4v) is 2.95. The largest absolute Gasteiger partial charge is 0.379 e. The highest BCUT2D eigenvalue weighted by Gasteiger charge is 2.15. The molecule has 0 rings (SSSR count). The predicted octanol–water partition coefficient (Wildman–Crippen LogP) is 2.97. The number of hydrogen-bond donors (Lipinski definition) is 2. The third-order valence-corrected chi connectivity index (χ3v) is 4.89. The highest BCUT2D eigenvalue weighted by molar-refractivity contribution is 4.68. The molecule has 0 aliphatic carbocycles. The van der Waals surface area contributed by atoms with Crippen molar-refractivity contribution < 1.29 is 10.2 Å². The zero-order chi connectivity index (χ0) is 19.1. The van der Waals surface area contributed by atoms with Crippen LogP contribution < -0.4 is 0 Å². The first-order chi connectivity index (χ1) is 12.0. The summed E-state index contributed by atoms with van der Waals surface area (Å²) >= 11 is 0. The van der Waals surface area contributed by atoms with Gasteiger partial charge in [-0.2, -0.15) is 0 Å². The number of unbranched alkanes of at least 4 members (excludes halogenated alkanes) is 3. The van der Waals surface area contributed by atoms with Crippen molar-refractivity contribution in [2.24, 2.45) is 0 Å². The molecule has 2 atom stereocenters. The molecule has 0 aromatic rings. The van der Waals surface area contributed by atoms with Crippen LogP contribution >= 0.6 is 0 Å². The van der Waals surface area contributed by atoms with E-state index in [-0.39, 0.29) is 12.5 Å². The number of nitrogens with zero attached hydrogens (tertiary/aromatic N) is 3. The molecule has 0 fully saturated rings. The summed E-state index contributed by atoms with van der Waals surface area (Å²) in [6, 6.07) is 0. The Bertz CT molecular complexity index is 264. The SMILES string of the molecule is CCCCN(CCN(CCCC)C(C)O)CCN(CCCC)C(C)O. The molecule has 0 amide bonds. The number of aliphatic hydroxyl groups is 2. The van der Waals surface area contributed by atoms with Gasteiger partial charge in [0.05, 0.1) is 0 Å². The van der Waals surface area contributed by atoms with Gasteiger partial charge >= 0.3 is 0 Å². The Morgan fingerprint density at radius 3 is 1.24 bits per heavy atom. The third kappa shape index (κ3) is 12.7. The van der Waals surface area contributed by atoms with Gasteiger partial charge in [-0.15, -0.1) is 0 Å². The quantitative estimate of drug-likeness (QED) is 0.391. The van der Waals surface area contributed by atoms with Crippen molar-refractivity contribution in [2.45, 2.75) is 85.6 Å². The zero-order valence-electron chi connectivity index (χ0n) is 17.6. The maximum atomic E-state index is 9.98. The first kappa shape index (κ1) is 24.8. The van der Waals surface area contributed by atoms with Crippen LogP contribution in [0.15, 0.2) is 0 Å². The molecule has 0 aromatic heterocycles. The third-order valence-electron chi connectivity index (χ3n) is 4.89. The highest BCUT2D eigenvalue weighted by Crippen LogP contribution is 2.05. The molecular weight excluding hydrogens is 314 g/mol. The number of rotatable bonds is 17. The standard InChI is InChI=1S/C20H45N3O2/c1-6-9-12-21(15-17-22(19(4)24)13-10-7-2)16-18-23(20(5)25)14-11-8-3/h19-20,24-25H,6-18H2,1-5H3. The average Bonchev–Trinajstić information content (AvgIpc) is 2.57. The summed E-state index contributed by atoms with van der Waals surface area (Å²) in [5, 5.41) is 20.0. The van der Waals surface area contributed by atoms with E-state index in [2.05, 4.69) is 35.5 Å². The molecule has 5 nitrogen and oxygen atoms in total. The van der Waals surface area contributed by atoms with Crippen molar-refractivity contribution in [2.75, 3.05) is 45.8 Å². The van der Waals surface area contributed by atoms with Gasteiger partial charge in [-0.1, -0.05) is 40.0 Å². The van der Waals surface area contributed by atoms with Gasteiger partial charge in [-0.05, 0) is 39.7 Å². The van der Waals surface area contributed by atoms with Gasteiger partial charge in [0.2, 0.25) is 0 Å². The van der Waals surface area contributed by atoms with Crippen LogP contribution in [0.5, 0.6) is 0 Å². The molecule has 25 heavy (non-hydrogen) atoms. The van der Waals surface area contributed by atoms with Crippen LogP contribution in [-0.2, 0) is 0 Å². The Morgan fingerprint density at radius 2 is 0.920 bits per heavy atom. The molecular formula is C20H45N3O2. The van der Waals surface area contributed by atoms with Crippen molar-refractivity contribution in [3.05, 3.63) is 0 Å². The first-order valence-electron chi connectivity index (χ1n) is 10.5. The van der Waals surface area contributed by atoms with Crippen LogP contribution in [0.25, 0.3) is 0 Å². The van der Waals surface area contributed by atoms with Crippen molar-refractivity contribution >= 4 is 0 Å². The maximum absolute atomic E-state index is 9.98. The molecule has 2 unspecified atom stereocenters. The molecule has 5 heteroatoms. The molecule has 2 N–H and O–H groups in total. The van der Waals surface area contributed by atoms with Gasteiger partial charge in [0.25, 0.3) is 0 Å². The topological polar surface area (TPSA) is 50.2 Å². The van der Waals surface area contributed by atoms with E-state index in [1.807, 2.05) is 13.8 Å². The number of hydrogen-bond acceptors (Lipinski definition) is 5. The lowest BCUT2D eigenvalue weighted by molar-refractivity contribution is 0.00152. The van der Waals surface area contributed by atoms with Gasteiger partial charge in [0, 0.05) is 39.3 Å². The Kier molecular flexibility index (Phi) is 15.9. The average molecular weight is 360 g/mol. The smallest absolute Gasteiger partial charge is 0.104 e. The van der Waals surface area contributed by atoms with Gasteiger partial charge in [0.1, 0.15) is 12.5 Å². The summed E-state index contributed by atoms with van der Waals surface area (Å²) in [4.78, 5) is 6.84. The Labute approximate surface area is 157 Å². The molecule has 152 valence electrons. The minimum absolute atomic E-state index is 0.377. The highest BCUT2D eigenvalue weighted by atomic mass is 16.3. The van der Waals surface area contributed by atoms with Gasteiger partial charge in [-0.3, -0.25) is 9.80 Å². The lowest BCUT2D eigenvalue weighted by atomic mass is 10.2. The summed E-state index contributed by atoms with van der Waals surface area (Å²) in [6.45, 7) is 17.1.